The Hall–Kier alpha value is -2.54. The van der Waals surface area contributed by atoms with Crippen LogP contribution in [0.15, 0.2) is 85.3 Å². The van der Waals surface area contributed by atoms with E-state index < -0.39 is 6.04 Å². The van der Waals surface area contributed by atoms with Crippen LogP contribution in [0, 0.1) is 0 Å². The predicted molar refractivity (Wildman–Crippen MR) is 129 cm³/mol. The second-order valence-corrected chi connectivity index (χ2v) is 9.37. The molecule has 154 valence electrons. The van der Waals surface area contributed by atoms with Crippen molar-refractivity contribution in [1.29, 1.82) is 0 Å². The van der Waals surface area contributed by atoms with Gasteiger partial charge in [-0.3, -0.25) is 14.5 Å². The van der Waals surface area contributed by atoms with Gasteiger partial charge in [0.05, 0.1) is 17.0 Å². The number of nitrogens with zero attached hydrogens (tertiary/aromatic N) is 1. The molecule has 31 heavy (non-hydrogen) atoms. The Morgan fingerprint density at radius 3 is 2.39 bits per heavy atom. The number of hydrogen-bond acceptors (Lipinski definition) is 4. The fourth-order valence-corrected chi connectivity index (χ4v) is 4.76. The molecule has 0 aliphatic carbocycles. The maximum absolute atomic E-state index is 13.5. The first kappa shape index (κ1) is 20.4. The number of fused-ring (bicyclic) bond motifs is 2. The number of benzene rings is 3. The van der Waals surface area contributed by atoms with Gasteiger partial charge in [-0.25, -0.2) is 0 Å². The van der Waals surface area contributed by atoms with E-state index in [1.54, 1.807) is 34.9 Å². The van der Waals surface area contributed by atoms with Crippen molar-refractivity contribution in [2.45, 2.75) is 10.9 Å². The Balaban J connectivity index is 1.79. The zero-order valence-electron chi connectivity index (χ0n) is 16.3. The number of anilines is 1. The summed E-state index contributed by atoms with van der Waals surface area (Å²) in [4.78, 5) is 29.8. The maximum atomic E-state index is 13.5. The molecule has 1 aliphatic heterocycles. The summed E-state index contributed by atoms with van der Waals surface area (Å²) in [5, 5.41) is 0.803. The Kier molecular flexibility index (Phi) is 5.16. The molecule has 0 saturated carbocycles. The fourth-order valence-electron chi connectivity index (χ4n) is 3.91. The van der Waals surface area contributed by atoms with Crippen molar-refractivity contribution in [1.82, 2.24) is 0 Å². The number of hydrogen-bond donors (Lipinski definition) is 0. The number of thioether (sulfide) groups is 1. The summed E-state index contributed by atoms with van der Waals surface area (Å²) in [6, 6.07) is 19.6. The first-order valence-electron chi connectivity index (χ1n) is 9.47. The number of amides is 1. The van der Waals surface area contributed by atoms with Gasteiger partial charge in [0.2, 0.25) is 5.76 Å². The molecule has 0 bridgehead atoms. The standard InChI is InChI=1S/C24H15BrClNO3S/c1-31-17-9-2-13(3-10-17)21-20-22(28)18-12-15(26)6-11-19(18)30-23(20)24(29)27(21)16-7-4-14(25)5-8-16/h2-12,21H,1H3. The van der Waals surface area contributed by atoms with E-state index in [4.69, 9.17) is 16.0 Å². The quantitative estimate of drug-likeness (QED) is 0.287. The van der Waals surface area contributed by atoms with Gasteiger partial charge in [-0.2, -0.15) is 0 Å². The van der Waals surface area contributed by atoms with Crippen molar-refractivity contribution in [3.8, 4) is 0 Å². The largest absolute Gasteiger partial charge is 0.450 e. The summed E-state index contributed by atoms with van der Waals surface area (Å²) < 4.78 is 6.86. The highest BCUT2D eigenvalue weighted by atomic mass is 79.9. The van der Waals surface area contributed by atoms with Crippen LogP contribution >= 0.6 is 39.3 Å². The molecule has 1 amide bonds. The van der Waals surface area contributed by atoms with E-state index in [0.717, 1.165) is 14.9 Å². The minimum Gasteiger partial charge on any atom is -0.450 e. The zero-order chi connectivity index (χ0) is 21.7. The Morgan fingerprint density at radius 1 is 1.00 bits per heavy atom. The summed E-state index contributed by atoms with van der Waals surface area (Å²) in [7, 11) is 0. The molecule has 0 saturated heterocycles. The van der Waals surface area contributed by atoms with E-state index >= 15 is 0 Å². The monoisotopic (exact) mass is 511 g/mol. The van der Waals surface area contributed by atoms with Gasteiger partial charge in [-0.1, -0.05) is 39.7 Å². The average Bonchev–Trinajstić information content (AvgIpc) is 3.07. The van der Waals surface area contributed by atoms with E-state index in [2.05, 4.69) is 15.9 Å². The number of rotatable bonds is 3. The molecule has 1 atom stereocenters. The van der Waals surface area contributed by atoms with Crippen LogP contribution in [-0.4, -0.2) is 12.2 Å². The first-order chi connectivity index (χ1) is 15.0. The molecule has 1 aliphatic rings. The summed E-state index contributed by atoms with van der Waals surface area (Å²) in [6.45, 7) is 0. The molecule has 4 aromatic rings. The van der Waals surface area contributed by atoms with Gasteiger partial charge in [0.25, 0.3) is 5.91 Å². The van der Waals surface area contributed by atoms with Crippen molar-refractivity contribution >= 4 is 61.9 Å². The second kappa shape index (κ2) is 7.86. The van der Waals surface area contributed by atoms with Crippen molar-refractivity contribution < 1.29 is 9.21 Å². The summed E-state index contributed by atoms with van der Waals surface area (Å²) in [5.74, 6) is -0.271. The van der Waals surface area contributed by atoms with Crippen molar-refractivity contribution in [2.24, 2.45) is 0 Å². The van der Waals surface area contributed by atoms with Crippen LogP contribution in [-0.2, 0) is 0 Å². The highest BCUT2D eigenvalue weighted by molar-refractivity contribution is 9.10. The minimum absolute atomic E-state index is 0.0710. The third-order valence-electron chi connectivity index (χ3n) is 5.37. The van der Waals surface area contributed by atoms with Crippen LogP contribution in [0.3, 0.4) is 0 Å². The van der Waals surface area contributed by atoms with E-state index in [0.29, 0.717) is 27.2 Å². The lowest BCUT2D eigenvalue weighted by Crippen LogP contribution is -2.29. The molecule has 7 heteroatoms. The van der Waals surface area contributed by atoms with Crippen LogP contribution in [0.2, 0.25) is 5.02 Å². The third kappa shape index (κ3) is 3.39. The van der Waals surface area contributed by atoms with Gasteiger partial charge in [0, 0.05) is 20.1 Å². The molecule has 4 nitrogen and oxygen atoms in total. The fraction of sp³-hybridized carbons (Fsp3) is 0.0833. The van der Waals surface area contributed by atoms with Gasteiger partial charge < -0.3 is 4.42 Å². The number of carbonyl (C=O) groups excluding carboxylic acids is 1. The van der Waals surface area contributed by atoms with E-state index in [9.17, 15) is 9.59 Å². The SMILES string of the molecule is CSc1ccc(C2c3c(oc4ccc(Cl)cc4c3=O)C(=O)N2c2ccc(Br)cc2)cc1. The van der Waals surface area contributed by atoms with E-state index in [1.807, 2.05) is 54.8 Å². The van der Waals surface area contributed by atoms with E-state index in [1.165, 1.54) is 0 Å². The van der Waals surface area contributed by atoms with E-state index in [-0.39, 0.29) is 17.1 Å². The summed E-state index contributed by atoms with van der Waals surface area (Å²) >= 11 is 11.2. The lowest BCUT2D eigenvalue weighted by Gasteiger charge is -2.25. The smallest absolute Gasteiger partial charge is 0.295 e. The Morgan fingerprint density at radius 2 is 1.71 bits per heavy atom. The van der Waals surface area contributed by atoms with Gasteiger partial charge in [0.15, 0.2) is 5.43 Å². The summed E-state index contributed by atoms with van der Waals surface area (Å²) in [6.07, 6.45) is 2.00. The minimum atomic E-state index is -0.598. The van der Waals surface area contributed by atoms with Crippen LogP contribution in [0.4, 0.5) is 5.69 Å². The molecule has 0 radical (unpaired) electrons. The molecular formula is C24H15BrClNO3S. The molecule has 0 N–H and O–H groups in total. The van der Waals surface area contributed by atoms with Crippen molar-refractivity contribution in [3.05, 3.63) is 103 Å². The molecule has 5 rings (SSSR count). The Labute approximate surface area is 195 Å². The highest BCUT2D eigenvalue weighted by Gasteiger charge is 2.43. The van der Waals surface area contributed by atoms with Gasteiger partial charge >= 0.3 is 0 Å². The first-order valence-corrected chi connectivity index (χ1v) is 11.9. The lowest BCUT2D eigenvalue weighted by molar-refractivity contribution is 0.0971. The number of carbonyl (C=O) groups is 1. The lowest BCUT2D eigenvalue weighted by atomic mass is 9.98. The highest BCUT2D eigenvalue weighted by Crippen LogP contribution is 2.41. The molecule has 1 unspecified atom stereocenters. The molecule has 1 aromatic heterocycles. The van der Waals surface area contributed by atoms with Gasteiger partial charge in [-0.05, 0) is 66.4 Å². The second-order valence-electron chi connectivity index (χ2n) is 7.14. The molecule has 0 spiro atoms. The maximum Gasteiger partial charge on any atom is 0.295 e. The molecule has 0 fully saturated rings. The molecular weight excluding hydrogens is 498 g/mol. The van der Waals surface area contributed by atoms with Gasteiger partial charge in [0.1, 0.15) is 5.58 Å². The van der Waals surface area contributed by atoms with Crippen molar-refractivity contribution in [3.63, 3.8) is 0 Å². The van der Waals surface area contributed by atoms with Gasteiger partial charge in [-0.15, -0.1) is 11.8 Å². The molecule has 2 heterocycles. The predicted octanol–water partition coefficient (Wildman–Crippen LogP) is 6.68. The van der Waals surface area contributed by atoms with Crippen LogP contribution in [0.5, 0.6) is 0 Å². The zero-order valence-corrected chi connectivity index (χ0v) is 19.4. The molecule has 3 aromatic carbocycles. The topological polar surface area (TPSA) is 50.5 Å². The van der Waals surface area contributed by atoms with Crippen molar-refractivity contribution in [2.75, 3.05) is 11.2 Å². The number of halogens is 2. The van der Waals surface area contributed by atoms with Crippen LogP contribution in [0.1, 0.15) is 27.7 Å². The van der Waals surface area contributed by atoms with Crippen LogP contribution in [0.25, 0.3) is 11.0 Å². The third-order valence-corrected chi connectivity index (χ3v) is 6.88. The average molecular weight is 513 g/mol. The Bertz CT molecular complexity index is 1380. The summed E-state index contributed by atoms with van der Waals surface area (Å²) in [5.41, 5.74) is 1.95. The normalized spacial score (nSPS) is 15.5. The van der Waals surface area contributed by atoms with Crippen LogP contribution < -0.4 is 10.3 Å².